The summed E-state index contributed by atoms with van der Waals surface area (Å²) in [6.07, 6.45) is 10.7. The van der Waals surface area contributed by atoms with Crippen LogP contribution >= 0.6 is 11.6 Å². The summed E-state index contributed by atoms with van der Waals surface area (Å²) in [6.45, 7) is 0.833. The van der Waals surface area contributed by atoms with E-state index in [9.17, 15) is 9.90 Å². The molecule has 1 aromatic rings. The molecule has 0 bridgehead atoms. The molecule has 4 heteroatoms. The van der Waals surface area contributed by atoms with Crippen LogP contribution < -0.4 is 4.90 Å². The number of hydrogen-bond acceptors (Lipinski definition) is 2. The quantitative estimate of drug-likeness (QED) is 0.794. The zero-order valence-electron chi connectivity index (χ0n) is 12.7. The number of carboxylic acid groups (broad SMARTS) is 1. The van der Waals surface area contributed by atoms with Gasteiger partial charge in [-0.3, -0.25) is 0 Å². The first-order chi connectivity index (χ1) is 11.1. The standard InChI is InChI=1S/C19H18ClNO2/c20-11-7-15-12-4-1-3-10(12)9-21-17(15)16(8-11)13-5-2-6-14(13)18(21)19(22)23/h1-2,4-5,7-8,10,12-14,18H,3,6,9H2,(H,22,23). The van der Waals surface area contributed by atoms with Gasteiger partial charge in [-0.2, -0.15) is 0 Å². The summed E-state index contributed by atoms with van der Waals surface area (Å²) in [6, 6.07) is 3.68. The molecule has 3 nitrogen and oxygen atoms in total. The van der Waals surface area contributed by atoms with Crippen LogP contribution in [0.1, 0.15) is 35.8 Å². The molecule has 0 saturated heterocycles. The number of carboxylic acids is 1. The average Bonchev–Trinajstić information content (AvgIpc) is 3.15. The SMILES string of the molecule is O=C(O)C1C2CC=CC2c2cc(Cl)cc3c2N1CC1CC=CC31. The van der Waals surface area contributed by atoms with Crippen molar-refractivity contribution in [2.75, 3.05) is 11.4 Å². The Balaban J connectivity index is 1.78. The van der Waals surface area contributed by atoms with Gasteiger partial charge in [0.05, 0.1) is 0 Å². The minimum atomic E-state index is -0.695. The van der Waals surface area contributed by atoms with Gasteiger partial charge in [0.25, 0.3) is 0 Å². The molecule has 1 N–H and O–H groups in total. The number of rotatable bonds is 1. The number of nitrogens with zero attached hydrogens (tertiary/aromatic N) is 1. The van der Waals surface area contributed by atoms with Gasteiger partial charge in [-0.05, 0) is 42.0 Å². The van der Waals surface area contributed by atoms with Gasteiger partial charge >= 0.3 is 5.97 Å². The summed E-state index contributed by atoms with van der Waals surface area (Å²) in [7, 11) is 0. The van der Waals surface area contributed by atoms with Gasteiger partial charge in [0.1, 0.15) is 6.04 Å². The number of anilines is 1. The Labute approximate surface area is 140 Å². The molecule has 5 rings (SSSR count). The molecular weight excluding hydrogens is 310 g/mol. The van der Waals surface area contributed by atoms with E-state index in [4.69, 9.17) is 11.6 Å². The first kappa shape index (κ1) is 13.7. The smallest absolute Gasteiger partial charge is 0.326 e. The Morgan fingerprint density at radius 1 is 1.13 bits per heavy atom. The minimum Gasteiger partial charge on any atom is -0.480 e. The van der Waals surface area contributed by atoms with Crippen molar-refractivity contribution in [1.82, 2.24) is 0 Å². The molecule has 4 aliphatic rings. The van der Waals surface area contributed by atoms with Crippen LogP contribution in [0.25, 0.3) is 0 Å². The summed E-state index contributed by atoms with van der Waals surface area (Å²) in [5.41, 5.74) is 3.59. The number of aliphatic carboxylic acids is 1. The van der Waals surface area contributed by atoms with Crippen molar-refractivity contribution >= 4 is 23.3 Å². The van der Waals surface area contributed by atoms with Crippen molar-refractivity contribution < 1.29 is 9.90 Å². The molecule has 2 aliphatic heterocycles. The maximum absolute atomic E-state index is 12.1. The normalized spacial score (nSPS) is 35.9. The van der Waals surface area contributed by atoms with Crippen LogP contribution in [0, 0.1) is 11.8 Å². The van der Waals surface area contributed by atoms with Gasteiger partial charge < -0.3 is 10.0 Å². The summed E-state index contributed by atoms with van der Waals surface area (Å²) in [4.78, 5) is 14.2. The van der Waals surface area contributed by atoms with Gasteiger partial charge in [-0.25, -0.2) is 4.79 Å². The Hall–Kier alpha value is -1.74. The third-order valence-electron chi connectivity index (χ3n) is 6.07. The van der Waals surface area contributed by atoms with E-state index in [1.54, 1.807) is 0 Å². The second kappa shape index (κ2) is 4.64. The van der Waals surface area contributed by atoms with Gasteiger partial charge in [-0.15, -0.1) is 0 Å². The van der Waals surface area contributed by atoms with Crippen LogP contribution in [-0.2, 0) is 4.79 Å². The number of halogens is 1. The Morgan fingerprint density at radius 2 is 1.83 bits per heavy atom. The fraction of sp³-hybridized carbons (Fsp3) is 0.421. The van der Waals surface area contributed by atoms with E-state index in [1.807, 2.05) is 0 Å². The number of allylic oxidation sites excluding steroid dienone is 4. The number of benzene rings is 1. The molecule has 5 unspecified atom stereocenters. The van der Waals surface area contributed by atoms with E-state index in [2.05, 4.69) is 41.3 Å². The second-order valence-electron chi connectivity index (χ2n) is 7.17. The van der Waals surface area contributed by atoms with Crippen LogP contribution in [0.5, 0.6) is 0 Å². The molecule has 118 valence electrons. The highest BCUT2D eigenvalue weighted by Gasteiger charge is 2.49. The third kappa shape index (κ3) is 1.74. The van der Waals surface area contributed by atoms with E-state index < -0.39 is 12.0 Å². The van der Waals surface area contributed by atoms with Crippen molar-refractivity contribution in [1.29, 1.82) is 0 Å². The fourth-order valence-electron chi connectivity index (χ4n) is 5.21. The molecule has 0 spiro atoms. The van der Waals surface area contributed by atoms with Gasteiger partial charge in [0.2, 0.25) is 0 Å². The molecule has 23 heavy (non-hydrogen) atoms. The molecule has 2 heterocycles. The Kier molecular flexibility index (Phi) is 2.76. The predicted octanol–water partition coefficient (Wildman–Crippen LogP) is 3.95. The lowest BCUT2D eigenvalue weighted by atomic mass is 9.72. The molecule has 0 saturated carbocycles. The molecule has 2 aliphatic carbocycles. The van der Waals surface area contributed by atoms with Gasteiger partial charge in [0.15, 0.2) is 0 Å². The van der Waals surface area contributed by atoms with Crippen molar-refractivity contribution in [2.45, 2.75) is 30.7 Å². The summed E-state index contributed by atoms with van der Waals surface area (Å²) < 4.78 is 0. The fourth-order valence-corrected chi connectivity index (χ4v) is 5.44. The van der Waals surface area contributed by atoms with Crippen LogP contribution in [-0.4, -0.2) is 23.7 Å². The van der Waals surface area contributed by atoms with Gasteiger partial charge in [0, 0.05) is 35.0 Å². The minimum absolute atomic E-state index is 0.122. The predicted molar refractivity (Wildman–Crippen MR) is 90.2 cm³/mol. The van der Waals surface area contributed by atoms with Gasteiger partial charge in [-0.1, -0.05) is 35.9 Å². The molecule has 0 aromatic heterocycles. The maximum Gasteiger partial charge on any atom is 0.326 e. The third-order valence-corrected chi connectivity index (χ3v) is 6.29. The molecular formula is C19H18ClNO2. The van der Waals surface area contributed by atoms with Crippen molar-refractivity contribution in [3.05, 3.63) is 52.6 Å². The summed E-state index contributed by atoms with van der Waals surface area (Å²) in [5.74, 6) is 0.468. The molecule has 0 radical (unpaired) electrons. The highest BCUT2D eigenvalue weighted by atomic mass is 35.5. The monoisotopic (exact) mass is 327 g/mol. The van der Waals surface area contributed by atoms with Crippen molar-refractivity contribution in [3.63, 3.8) is 0 Å². The largest absolute Gasteiger partial charge is 0.480 e. The topological polar surface area (TPSA) is 40.5 Å². The van der Waals surface area contributed by atoms with E-state index in [0.29, 0.717) is 11.8 Å². The summed E-state index contributed by atoms with van der Waals surface area (Å²) in [5, 5.41) is 10.7. The van der Waals surface area contributed by atoms with Crippen LogP contribution in [0.3, 0.4) is 0 Å². The Bertz CT molecular complexity index is 752. The van der Waals surface area contributed by atoms with Crippen LogP contribution in [0.2, 0.25) is 5.02 Å². The summed E-state index contributed by atoms with van der Waals surface area (Å²) >= 11 is 6.43. The number of carbonyl (C=O) groups is 1. The van der Waals surface area contributed by atoms with E-state index in [1.165, 1.54) is 11.1 Å². The Morgan fingerprint density at radius 3 is 2.61 bits per heavy atom. The molecule has 5 atom stereocenters. The maximum atomic E-state index is 12.1. The zero-order chi connectivity index (χ0) is 15.7. The first-order valence-corrected chi connectivity index (χ1v) is 8.69. The lowest BCUT2D eigenvalue weighted by Crippen LogP contribution is -2.54. The number of fused-ring (bicyclic) bond motifs is 4. The molecule has 0 amide bonds. The molecule has 0 fully saturated rings. The lowest BCUT2D eigenvalue weighted by Gasteiger charge is -2.49. The average molecular weight is 328 g/mol. The highest BCUT2D eigenvalue weighted by Crippen LogP contribution is 2.55. The highest BCUT2D eigenvalue weighted by molar-refractivity contribution is 6.31. The zero-order valence-corrected chi connectivity index (χ0v) is 13.4. The van der Waals surface area contributed by atoms with Crippen molar-refractivity contribution in [2.24, 2.45) is 11.8 Å². The van der Waals surface area contributed by atoms with Crippen LogP contribution in [0.15, 0.2) is 36.4 Å². The van der Waals surface area contributed by atoms with E-state index >= 15 is 0 Å². The van der Waals surface area contributed by atoms with Crippen molar-refractivity contribution in [3.8, 4) is 0 Å². The van der Waals surface area contributed by atoms with Crippen LogP contribution in [0.4, 0.5) is 5.69 Å². The molecule has 1 aromatic carbocycles. The lowest BCUT2D eigenvalue weighted by molar-refractivity contribution is -0.140. The van der Waals surface area contributed by atoms with E-state index in [-0.39, 0.29) is 11.8 Å². The number of hydrogen-bond donors (Lipinski definition) is 1. The van der Waals surface area contributed by atoms with E-state index in [0.717, 1.165) is 30.1 Å². The first-order valence-electron chi connectivity index (χ1n) is 8.31. The second-order valence-corrected chi connectivity index (χ2v) is 7.61.